The number of fused-ring (bicyclic) bond motifs is 1. The number of nitrogens with one attached hydrogen (secondary N) is 1. The van der Waals surface area contributed by atoms with E-state index in [1.807, 2.05) is 12.1 Å². The molecule has 1 N–H and O–H groups in total. The van der Waals surface area contributed by atoms with E-state index in [1.54, 1.807) is 5.51 Å². The maximum Gasteiger partial charge on any atom is 0.319 e. The zero-order valence-corrected chi connectivity index (χ0v) is 13.1. The third-order valence-corrected chi connectivity index (χ3v) is 5.02. The molecule has 6 heteroatoms. The summed E-state index contributed by atoms with van der Waals surface area (Å²) in [7, 11) is 0. The lowest BCUT2D eigenvalue weighted by molar-refractivity contribution is -0.382. The first-order valence-electron chi connectivity index (χ1n) is 7.23. The summed E-state index contributed by atoms with van der Waals surface area (Å²) in [6, 6.07) is 4.03. The number of benzene rings is 1. The maximum atomic E-state index is 11.4. The van der Waals surface area contributed by atoms with Crippen molar-refractivity contribution in [3.63, 3.8) is 0 Å². The van der Waals surface area contributed by atoms with E-state index in [0.29, 0.717) is 22.7 Å². The van der Waals surface area contributed by atoms with Crippen LogP contribution < -0.4 is 5.32 Å². The summed E-state index contributed by atoms with van der Waals surface area (Å²) in [5, 5.41) is 14.8. The summed E-state index contributed by atoms with van der Waals surface area (Å²) < 4.78 is 0.858. The average Bonchev–Trinajstić information content (AvgIpc) is 2.84. The highest BCUT2D eigenvalue weighted by Gasteiger charge is 2.30. The van der Waals surface area contributed by atoms with Crippen LogP contribution in [0.25, 0.3) is 10.2 Å². The summed E-state index contributed by atoms with van der Waals surface area (Å²) in [6.07, 6.45) is 4.49. The van der Waals surface area contributed by atoms with Crippen molar-refractivity contribution >= 4 is 32.9 Å². The van der Waals surface area contributed by atoms with E-state index in [4.69, 9.17) is 0 Å². The van der Waals surface area contributed by atoms with Crippen LogP contribution in [0.2, 0.25) is 0 Å². The van der Waals surface area contributed by atoms with Crippen molar-refractivity contribution in [3.05, 3.63) is 27.8 Å². The molecule has 5 nitrogen and oxygen atoms in total. The van der Waals surface area contributed by atoms with Gasteiger partial charge in [-0.2, -0.15) is 0 Å². The van der Waals surface area contributed by atoms with Gasteiger partial charge in [0.25, 0.3) is 0 Å². The Labute approximate surface area is 127 Å². The Balaban J connectivity index is 1.93. The molecule has 1 unspecified atom stereocenters. The van der Waals surface area contributed by atoms with Crippen LogP contribution in [-0.4, -0.2) is 15.9 Å². The highest BCUT2D eigenvalue weighted by molar-refractivity contribution is 7.16. The van der Waals surface area contributed by atoms with Crippen molar-refractivity contribution in [1.29, 1.82) is 0 Å². The van der Waals surface area contributed by atoms with Crippen LogP contribution in [0.5, 0.6) is 0 Å². The van der Waals surface area contributed by atoms with Crippen molar-refractivity contribution in [2.24, 2.45) is 5.41 Å². The van der Waals surface area contributed by atoms with Gasteiger partial charge in [0.15, 0.2) is 5.52 Å². The minimum absolute atomic E-state index is 0.108. The second-order valence-corrected chi connectivity index (χ2v) is 7.41. The summed E-state index contributed by atoms with van der Waals surface area (Å²) in [5.74, 6) is 0. The van der Waals surface area contributed by atoms with Crippen molar-refractivity contribution in [3.8, 4) is 0 Å². The van der Waals surface area contributed by atoms with Gasteiger partial charge >= 0.3 is 5.69 Å². The van der Waals surface area contributed by atoms with Gasteiger partial charge < -0.3 is 5.32 Å². The first kappa shape index (κ1) is 14.3. The van der Waals surface area contributed by atoms with Crippen molar-refractivity contribution in [1.82, 2.24) is 4.98 Å². The molecule has 1 aromatic heterocycles. The monoisotopic (exact) mass is 305 g/mol. The molecule has 1 heterocycles. The predicted octanol–water partition coefficient (Wildman–Crippen LogP) is 4.59. The lowest BCUT2D eigenvalue weighted by Gasteiger charge is -2.35. The molecule has 2 aromatic rings. The number of thiazole rings is 1. The smallest absolute Gasteiger partial charge is 0.319 e. The zero-order chi connectivity index (χ0) is 15.0. The molecule has 112 valence electrons. The van der Waals surface area contributed by atoms with Crippen LogP contribution in [0, 0.1) is 15.5 Å². The number of nitrogens with zero attached hydrogens (tertiary/aromatic N) is 2. The van der Waals surface area contributed by atoms with E-state index in [-0.39, 0.29) is 10.6 Å². The van der Waals surface area contributed by atoms with Gasteiger partial charge in [-0.05, 0) is 36.8 Å². The molecule has 1 aliphatic carbocycles. The standard InChI is InChI=1S/C15H19N3O2S/c1-15(2)7-3-4-10(8-15)17-11-5-6-12-13(16-9-21-12)14(11)18(19)20/h5-6,9-10,17H,3-4,7-8H2,1-2H3. The van der Waals surface area contributed by atoms with Crippen LogP contribution >= 0.6 is 11.3 Å². The summed E-state index contributed by atoms with van der Waals surface area (Å²) in [4.78, 5) is 15.3. The highest BCUT2D eigenvalue weighted by Crippen LogP contribution is 2.39. The number of anilines is 1. The van der Waals surface area contributed by atoms with Gasteiger partial charge in [-0.3, -0.25) is 10.1 Å². The van der Waals surface area contributed by atoms with Gasteiger partial charge in [0.2, 0.25) is 0 Å². The number of nitro benzene ring substituents is 1. The average molecular weight is 305 g/mol. The Hall–Kier alpha value is -1.69. The van der Waals surface area contributed by atoms with Crippen molar-refractivity contribution < 1.29 is 4.92 Å². The van der Waals surface area contributed by atoms with Crippen LogP contribution in [0.15, 0.2) is 17.6 Å². The van der Waals surface area contributed by atoms with Crippen LogP contribution in [-0.2, 0) is 0 Å². The molecular weight excluding hydrogens is 286 g/mol. The molecule has 0 amide bonds. The van der Waals surface area contributed by atoms with Crippen LogP contribution in [0.3, 0.4) is 0 Å². The fourth-order valence-electron chi connectivity index (χ4n) is 3.26. The predicted molar refractivity (Wildman–Crippen MR) is 85.9 cm³/mol. The lowest BCUT2D eigenvalue weighted by atomic mass is 9.75. The van der Waals surface area contributed by atoms with Gasteiger partial charge in [-0.15, -0.1) is 11.3 Å². The lowest BCUT2D eigenvalue weighted by Crippen LogP contribution is -2.31. The molecule has 1 aromatic carbocycles. The van der Waals surface area contributed by atoms with Crippen molar-refractivity contribution in [2.75, 3.05) is 5.32 Å². The minimum Gasteiger partial charge on any atom is -0.377 e. The number of nitro groups is 1. The molecule has 0 spiro atoms. The molecule has 1 saturated carbocycles. The van der Waals surface area contributed by atoms with Gasteiger partial charge in [0, 0.05) is 6.04 Å². The van der Waals surface area contributed by atoms with E-state index < -0.39 is 0 Å². The first-order valence-corrected chi connectivity index (χ1v) is 8.11. The number of rotatable bonds is 3. The fraction of sp³-hybridized carbons (Fsp3) is 0.533. The maximum absolute atomic E-state index is 11.4. The molecule has 1 aliphatic rings. The SMILES string of the molecule is CC1(C)CCCC(Nc2ccc3scnc3c2[N+](=O)[O-])C1. The van der Waals surface area contributed by atoms with Gasteiger partial charge in [0.05, 0.1) is 15.1 Å². The Kier molecular flexibility index (Phi) is 3.57. The molecular formula is C15H19N3O2S. The van der Waals surface area contributed by atoms with Gasteiger partial charge in [0.1, 0.15) is 5.69 Å². The Bertz CT molecular complexity index is 681. The van der Waals surface area contributed by atoms with E-state index in [0.717, 1.165) is 24.0 Å². The molecule has 21 heavy (non-hydrogen) atoms. The topological polar surface area (TPSA) is 68.1 Å². The first-order chi connectivity index (χ1) is 9.96. The molecule has 0 aliphatic heterocycles. The molecule has 0 radical (unpaired) electrons. The third kappa shape index (κ3) is 2.85. The van der Waals surface area contributed by atoms with E-state index in [2.05, 4.69) is 24.1 Å². The van der Waals surface area contributed by atoms with E-state index >= 15 is 0 Å². The van der Waals surface area contributed by atoms with Crippen LogP contribution in [0.1, 0.15) is 39.5 Å². The molecule has 1 fully saturated rings. The highest BCUT2D eigenvalue weighted by atomic mass is 32.1. The Morgan fingerprint density at radius 2 is 2.29 bits per heavy atom. The summed E-state index contributed by atoms with van der Waals surface area (Å²) >= 11 is 1.43. The Morgan fingerprint density at radius 1 is 1.48 bits per heavy atom. The fourth-order valence-corrected chi connectivity index (χ4v) is 3.94. The van der Waals surface area contributed by atoms with Gasteiger partial charge in [-0.1, -0.05) is 20.3 Å². The number of hydrogen-bond acceptors (Lipinski definition) is 5. The number of aromatic nitrogens is 1. The molecule has 0 bridgehead atoms. The zero-order valence-electron chi connectivity index (χ0n) is 12.3. The second-order valence-electron chi connectivity index (χ2n) is 6.52. The van der Waals surface area contributed by atoms with Crippen molar-refractivity contribution in [2.45, 2.75) is 45.6 Å². The molecule has 1 atom stereocenters. The molecule has 3 rings (SSSR count). The van der Waals surface area contributed by atoms with Gasteiger partial charge in [-0.25, -0.2) is 4.98 Å². The molecule has 0 saturated heterocycles. The third-order valence-electron chi connectivity index (χ3n) is 4.22. The quantitative estimate of drug-likeness (QED) is 0.665. The summed E-state index contributed by atoms with van der Waals surface area (Å²) in [5.41, 5.74) is 3.16. The van der Waals surface area contributed by atoms with E-state index in [9.17, 15) is 10.1 Å². The number of hydrogen-bond donors (Lipinski definition) is 1. The minimum atomic E-state index is -0.321. The van der Waals surface area contributed by atoms with E-state index in [1.165, 1.54) is 17.8 Å². The Morgan fingerprint density at radius 3 is 3.00 bits per heavy atom. The van der Waals surface area contributed by atoms with Crippen LogP contribution in [0.4, 0.5) is 11.4 Å². The normalized spacial score (nSPS) is 21.3. The summed E-state index contributed by atoms with van der Waals surface area (Å²) in [6.45, 7) is 4.53. The largest absolute Gasteiger partial charge is 0.377 e. The second kappa shape index (κ2) is 5.26.